The van der Waals surface area contributed by atoms with Crippen molar-refractivity contribution in [3.63, 3.8) is 0 Å². The number of halogens is 1. The van der Waals surface area contributed by atoms with Crippen LogP contribution in [0.15, 0.2) is 36.0 Å². The van der Waals surface area contributed by atoms with Gasteiger partial charge in [0.05, 0.1) is 11.8 Å². The van der Waals surface area contributed by atoms with Gasteiger partial charge in [0.25, 0.3) is 0 Å². The van der Waals surface area contributed by atoms with Gasteiger partial charge in [-0.15, -0.1) is 11.3 Å². The van der Waals surface area contributed by atoms with E-state index in [1.54, 1.807) is 17.4 Å². The first-order valence-corrected chi connectivity index (χ1v) is 7.03. The van der Waals surface area contributed by atoms with Crippen LogP contribution < -0.4 is 4.74 Å². The molecule has 4 nitrogen and oxygen atoms in total. The average molecular weight is 292 g/mol. The van der Waals surface area contributed by atoms with Crippen LogP contribution in [0, 0.1) is 5.82 Å². The van der Waals surface area contributed by atoms with E-state index >= 15 is 0 Å². The standard InChI is InChI=1S/C14H13FN2O2S/c1-9(18)12-3-2-11(6-13(12)15)19-8-10-7-17-4-5-20-14(17)16-10/h2-7,9,18H,8H2,1H3/t9-/m0/s1. The zero-order valence-electron chi connectivity index (χ0n) is 10.8. The number of imidazole rings is 1. The monoisotopic (exact) mass is 292 g/mol. The number of hydrogen-bond acceptors (Lipinski definition) is 4. The largest absolute Gasteiger partial charge is 0.487 e. The maximum absolute atomic E-state index is 13.7. The third kappa shape index (κ3) is 2.52. The Hall–Kier alpha value is -1.92. The number of rotatable bonds is 4. The number of ether oxygens (including phenoxy) is 1. The van der Waals surface area contributed by atoms with Crippen LogP contribution in [0.2, 0.25) is 0 Å². The SMILES string of the molecule is C[C@H](O)c1ccc(OCc2cn3ccsc3n2)cc1F. The molecular formula is C14H13FN2O2S. The van der Waals surface area contributed by atoms with Crippen LogP contribution in [0.4, 0.5) is 4.39 Å². The quantitative estimate of drug-likeness (QED) is 0.803. The van der Waals surface area contributed by atoms with Crippen molar-refractivity contribution < 1.29 is 14.2 Å². The van der Waals surface area contributed by atoms with Crippen molar-refractivity contribution in [3.05, 3.63) is 53.0 Å². The van der Waals surface area contributed by atoms with Gasteiger partial charge in [-0.3, -0.25) is 4.40 Å². The molecule has 20 heavy (non-hydrogen) atoms. The zero-order chi connectivity index (χ0) is 14.1. The van der Waals surface area contributed by atoms with E-state index in [2.05, 4.69) is 4.98 Å². The summed E-state index contributed by atoms with van der Waals surface area (Å²) < 4.78 is 21.1. The Kier molecular flexibility index (Phi) is 3.42. The van der Waals surface area contributed by atoms with Crippen molar-refractivity contribution in [2.45, 2.75) is 19.6 Å². The van der Waals surface area contributed by atoms with Gasteiger partial charge in [-0.2, -0.15) is 0 Å². The normalized spacial score (nSPS) is 12.8. The van der Waals surface area contributed by atoms with Crippen molar-refractivity contribution in [2.24, 2.45) is 0 Å². The van der Waals surface area contributed by atoms with E-state index in [0.717, 1.165) is 10.7 Å². The summed E-state index contributed by atoms with van der Waals surface area (Å²) in [5.74, 6) is -0.0495. The highest BCUT2D eigenvalue weighted by Crippen LogP contribution is 2.22. The van der Waals surface area contributed by atoms with Crippen LogP contribution in [0.3, 0.4) is 0 Å². The van der Waals surface area contributed by atoms with Gasteiger partial charge >= 0.3 is 0 Å². The second kappa shape index (κ2) is 5.22. The fourth-order valence-corrected chi connectivity index (χ4v) is 2.66. The van der Waals surface area contributed by atoms with E-state index < -0.39 is 11.9 Å². The molecule has 2 aromatic heterocycles. The molecule has 0 radical (unpaired) electrons. The molecule has 0 unspecified atom stereocenters. The van der Waals surface area contributed by atoms with Crippen molar-refractivity contribution in [1.82, 2.24) is 9.38 Å². The van der Waals surface area contributed by atoms with E-state index in [0.29, 0.717) is 5.75 Å². The highest BCUT2D eigenvalue weighted by atomic mass is 32.1. The molecule has 0 aliphatic carbocycles. The summed E-state index contributed by atoms with van der Waals surface area (Å²) in [7, 11) is 0. The summed E-state index contributed by atoms with van der Waals surface area (Å²) in [6.45, 7) is 1.80. The van der Waals surface area contributed by atoms with Crippen LogP contribution in [-0.4, -0.2) is 14.5 Å². The molecule has 0 aliphatic heterocycles. The maximum atomic E-state index is 13.7. The highest BCUT2D eigenvalue weighted by Gasteiger charge is 2.09. The van der Waals surface area contributed by atoms with Crippen LogP contribution in [-0.2, 0) is 6.61 Å². The fraction of sp³-hybridized carbons (Fsp3) is 0.214. The minimum Gasteiger partial charge on any atom is -0.487 e. The molecule has 0 fully saturated rings. The van der Waals surface area contributed by atoms with Gasteiger partial charge in [0.1, 0.15) is 18.2 Å². The average Bonchev–Trinajstić information content (AvgIpc) is 2.96. The van der Waals surface area contributed by atoms with Crippen molar-refractivity contribution >= 4 is 16.3 Å². The van der Waals surface area contributed by atoms with Gasteiger partial charge in [0.15, 0.2) is 4.96 Å². The first kappa shape index (κ1) is 13.1. The van der Waals surface area contributed by atoms with Crippen LogP contribution in [0.5, 0.6) is 5.75 Å². The predicted molar refractivity (Wildman–Crippen MR) is 74.4 cm³/mol. The lowest BCUT2D eigenvalue weighted by Crippen LogP contribution is -1.99. The minimum atomic E-state index is -0.830. The third-order valence-corrected chi connectivity index (χ3v) is 3.72. The lowest BCUT2D eigenvalue weighted by molar-refractivity contribution is 0.193. The number of aromatic nitrogens is 2. The van der Waals surface area contributed by atoms with E-state index in [1.807, 2.05) is 22.2 Å². The number of aliphatic hydroxyl groups is 1. The van der Waals surface area contributed by atoms with Gasteiger partial charge in [-0.1, -0.05) is 0 Å². The second-order valence-corrected chi connectivity index (χ2v) is 5.35. The molecule has 1 atom stereocenters. The Morgan fingerprint density at radius 3 is 3.05 bits per heavy atom. The van der Waals surface area contributed by atoms with E-state index in [1.165, 1.54) is 19.1 Å². The summed E-state index contributed by atoms with van der Waals surface area (Å²) in [4.78, 5) is 5.28. The third-order valence-electron chi connectivity index (χ3n) is 2.95. The second-order valence-electron chi connectivity index (χ2n) is 4.47. The topological polar surface area (TPSA) is 46.8 Å². The van der Waals surface area contributed by atoms with Gasteiger partial charge in [0.2, 0.25) is 0 Å². The molecule has 0 saturated carbocycles. The molecule has 0 amide bonds. The van der Waals surface area contributed by atoms with Gasteiger partial charge < -0.3 is 9.84 Å². The maximum Gasteiger partial charge on any atom is 0.193 e. The van der Waals surface area contributed by atoms with E-state index in [4.69, 9.17) is 4.74 Å². The molecule has 2 heterocycles. The van der Waals surface area contributed by atoms with Crippen molar-refractivity contribution in [1.29, 1.82) is 0 Å². The van der Waals surface area contributed by atoms with Gasteiger partial charge in [0, 0.05) is 29.4 Å². The number of fused-ring (bicyclic) bond motifs is 1. The molecule has 6 heteroatoms. The Morgan fingerprint density at radius 2 is 2.35 bits per heavy atom. The Balaban J connectivity index is 1.72. The molecule has 0 spiro atoms. The minimum absolute atomic E-state index is 0.264. The van der Waals surface area contributed by atoms with Crippen molar-refractivity contribution in [3.8, 4) is 5.75 Å². The molecule has 0 saturated heterocycles. The molecule has 0 aliphatic rings. The first-order chi connectivity index (χ1) is 9.63. The summed E-state index contributed by atoms with van der Waals surface area (Å²) in [6, 6.07) is 4.45. The molecule has 1 N–H and O–H groups in total. The Morgan fingerprint density at radius 1 is 1.50 bits per heavy atom. The van der Waals surface area contributed by atoms with Crippen molar-refractivity contribution in [2.75, 3.05) is 0 Å². The van der Waals surface area contributed by atoms with Crippen LogP contribution >= 0.6 is 11.3 Å². The Labute approximate surface area is 119 Å². The van der Waals surface area contributed by atoms with Gasteiger partial charge in [-0.25, -0.2) is 9.37 Å². The molecule has 3 aromatic rings. The number of hydrogen-bond donors (Lipinski definition) is 1. The number of benzene rings is 1. The summed E-state index contributed by atoms with van der Waals surface area (Å²) in [5.41, 5.74) is 1.05. The molecule has 1 aromatic carbocycles. The highest BCUT2D eigenvalue weighted by molar-refractivity contribution is 7.15. The molecule has 3 rings (SSSR count). The van der Waals surface area contributed by atoms with Crippen LogP contribution in [0.25, 0.3) is 4.96 Å². The van der Waals surface area contributed by atoms with E-state index in [9.17, 15) is 9.50 Å². The lowest BCUT2D eigenvalue weighted by Gasteiger charge is -2.09. The Bertz CT molecular complexity index is 707. The van der Waals surface area contributed by atoms with Gasteiger partial charge in [-0.05, 0) is 19.1 Å². The number of aliphatic hydroxyl groups excluding tert-OH is 1. The predicted octanol–water partition coefficient (Wildman–Crippen LogP) is 3.17. The fourth-order valence-electron chi connectivity index (χ4n) is 1.94. The summed E-state index contributed by atoms with van der Waals surface area (Å²) in [6.07, 6.45) is 2.98. The van der Waals surface area contributed by atoms with E-state index in [-0.39, 0.29) is 12.2 Å². The summed E-state index contributed by atoms with van der Waals surface area (Å²) in [5, 5.41) is 11.3. The molecular weight excluding hydrogens is 279 g/mol. The lowest BCUT2D eigenvalue weighted by atomic mass is 10.1. The molecule has 104 valence electrons. The molecule has 0 bridgehead atoms. The summed E-state index contributed by atoms with van der Waals surface area (Å²) >= 11 is 1.55. The first-order valence-electron chi connectivity index (χ1n) is 6.15. The number of thiazole rings is 1. The zero-order valence-corrected chi connectivity index (χ0v) is 11.6. The number of nitrogens with zero attached hydrogens (tertiary/aromatic N) is 2. The smallest absolute Gasteiger partial charge is 0.193 e. The van der Waals surface area contributed by atoms with Crippen LogP contribution in [0.1, 0.15) is 24.3 Å².